The van der Waals surface area contributed by atoms with E-state index in [1.54, 1.807) is 0 Å². The maximum Gasteiger partial charge on any atom is 0.202 e. The average Bonchev–Trinajstić information content (AvgIpc) is 2.98. The summed E-state index contributed by atoms with van der Waals surface area (Å²) in [6, 6.07) is 0. The van der Waals surface area contributed by atoms with Crippen molar-refractivity contribution < 1.29 is 4.74 Å². The molecule has 6 nitrogen and oxygen atoms in total. The van der Waals surface area contributed by atoms with Gasteiger partial charge in [-0.2, -0.15) is 5.10 Å². The van der Waals surface area contributed by atoms with Gasteiger partial charge in [0.1, 0.15) is 5.52 Å². The van der Waals surface area contributed by atoms with Crippen LogP contribution in [0.2, 0.25) is 0 Å². The number of fused-ring (bicyclic) bond motifs is 1. The summed E-state index contributed by atoms with van der Waals surface area (Å²) >= 11 is 0. The predicted molar refractivity (Wildman–Crippen MR) is 83.1 cm³/mol. The summed E-state index contributed by atoms with van der Waals surface area (Å²) in [4.78, 5) is 4.47. The first-order chi connectivity index (χ1) is 10.2. The summed E-state index contributed by atoms with van der Waals surface area (Å²) in [7, 11) is 1.95. The molecule has 2 N–H and O–H groups in total. The second kappa shape index (κ2) is 6.05. The Morgan fingerprint density at radius 2 is 2.05 bits per heavy atom. The fraction of sp³-hybridized carbons (Fsp3) is 0.733. The van der Waals surface area contributed by atoms with Gasteiger partial charge in [0.05, 0.1) is 24.9 Å². The second-order valence-electron chi connectivity index (χ2n) is 5.85. The summed E-state index contributed by atoms with van der Waals surface area (Å²) in [5, 5.41) is 4.50. The van der Waals surface area contributed by atoms with E-state index in [0.717, 1.165) is 29.8 Å². The molecule has 1 aliphatic rings. The fourth-order valence-corrected chi connectivity index (χ4v) is 3.26. The molecule has 2 heterocycles. The number of aromatic nitrogens is 4. The Balaban J connectivity index is 1.71. The minimum absolute atomic E-state index is 0.428. The van der Waals surface area contributed by atoms with Crippen LogP contribution < -0.4 is 5.73 Å². The van der Waals surface area contributed by atoms with Crippen LogP contribution in [0.1, 0.15) is 44.7 Å². The molecule has 1 aliphatic carbocycles. The van der Waals surface area contributed by atoms with Gasteiger partial charge in [-0.15, -0.1) is 0 Å². The summed E-state index contributed by atoms with van der Waals surface area (Å²) < 4.78 is 9.89. The minimum Gasteiger partial charge on any atom is -0.376 e. The van der Waals surface area contributed by atoms with Crippen LogP contribution in [0.15, 0.2) is 0 Å². The zero-order valence-electron chi connectivity index (χ0n) is 13.0. The summed E-state index contributed by atoms with van der Waals surface area (Å²) in [5.41, 5.74) is 8.99. The highest BCUT2D eigenvalue weighted by Crippen LogP contribution is 2.22. The second-order valence-corrected chi connectivity index (χ2v) is 5.85. The van der Waals surface area contributed by atoms with Crippen LogP contribution in [0.25, 0.3) is 11.2 Å². The van der Waals surface area contributed by atoms with Crippen molar-refractivity contribution in [3.8, 4) is 0 Å². The number of imidazole rings is 1. The highest BCUT2D eigenvalue weighted by atomic mass is 16.5. The van der Waals surface area contributed by atoms with Crippen LogP contribution in [-0.4, -0.2) is 32.0 Å². The van der Waals surface area contributed by atoms with E-state index in [-0.39, 0.29) is 0 Å². The van der Waals surface area contributed by atoms with Crippen LogP contribution in [-0.2, 0) is 24.8 Å². The lowest BCUT2D eigenvalue weighted by molar-refractivity contribution is 0.0245. The highest BCUT2D eigenvalue weighted by Gasteiger charge is 2.18. The molecule has 1 fully saturated rings. The van der Waals surface area contributed by atoms with E-state index < -0.39 is 0 Å². The monoisotopic (exact) mass is 291 g/mol. The van der Waals surface area contributed by atoms with Gasteiger partial charge >= 0.3 is 0 Å². The normalized spacial score (nSPS) is 16.9. The molecule has 2 aromatic heterocycles. The number of nitrogens with zero attached hydrogens (tertiary/aromatic N) is 4. The fourth-order valence-electron chi connectivity index (χ4n) is 3.26. The Morgan fingerprint density at radius 1 is 1.29 bits per heavy atom. The van der Waals surface area contributed by atoms with Crippen LogP contribution in [0.5, 0.6) is 0 Å². The van der Waals surface area contributed by atoms with Gasteiger partial charge in [-0.05, 0) is 19.3 Å². The van der Waals surface area contributed by atoms with Crippen LogP contribution >= 0.6 is 0 Å². The van der Waals surface area contributed by atoms with E-state index in [4.69, 9.17) is 10.5 Å². The maximum absolute atomic E-state index is 6.06. The molecule has 0 atom stereocenters. The molecule has 0 saturated heterocycles. The molecule has 0 unspecified atom stereocenters. The lowest BCUT2D eigenvalue weighted by atomic mass is 9.98. The number of anilines is 1. The molecule has 3 rings (SSSR count). The number of nitrogens with two attached hydrogens (primary N) is 1. The third-order valence-electron chi connectivity index (χ3n) is 4.38. The molecule has 116 valence electrons. The van der Waals surface area contributed by atoms with E-state index in [1.165, 1.54) is 32.1 Å². The topological polar surface area (TPSA) is 70.9 Å². The molecular formula is C15H25N5O. The first-order valence-corrected chi connectivity index (χ1v) is 8.00. The van der Waals surface area contributed by atoms with Crippen LogP contribution in [0, 0.1) is 0 Å². The zero-order chi connectivity index (χ0) is 14.8. The van der Waals surface area contributed by atoms with E-state index >= 15 is 0 Å². The summed E-state index contributed by atoms with van der Waals surface area (Å²) in [6.07, 6.45) is 7.63. The van der Waals surface area contributed by atoms with Gasteiger partial charge in [0.15, 0.2) is 5.65 Å². The Morgan fingerprint density at radius 3 is 2.76 bits per heavy atom. The van der Waals surface area contributed by atoms with Crippen molar-refractivity contribution in [3.63, 3.8) is 0 Å². The molecule has 1 saturated carbocycles. The first-order valence-electron chi connectivity index (χ1n) is 8.00. The highest BCUT2D eigenvalue weighted by molar-refractivity contribution is 5.77. The number of rotatable bonds is 5. The van der Waals surface area contributed by atoms with E-state index in [9.17, 15) is 0 Å². The minimum atomic E-state index is 0.428. The predicted octanol–water partition coefficient (Wildman–Crippen LogP) is 2.26. The Kier molecular flexibility index (Phi) is 4.14. The third-order valence-corrected chi connectivity index (χ3v) is 4.38. The molecule has 0 spiro atoms. The Labute approximate surface area is 125 Å². The SMILES string of the molecule is CCc1nn(C)c2c1nc(N)n2CCOC1CCCCC1. The van der Waals surface area contributed by atoms with Crippen molar-refractivity contribution >= 4 is 17.1 Å². The largest absolute Gasteiger partial charge is 0.376 e. The number of hydrogen-bond acceptors (Lipinski definition) is 4. The molecule has 0 radical (unpaired) electrons. The molecule has 0 amide bonds. The van der Waals surface area contributed by atoms with E-state index in [2.05, 4.69) is 17.0 Å². The number of hydrogen-bond donors (Lipinski definition) is 1. The van der Waals surface area contributed by atoms with Crippen LogP contribution in [0.3, 0.4) is 0 Å². The van der Waals surface area contributed by atoms with Gasteiger partial charge in [-0.1, -0.05) is 26.2 Å². The summed E-state index contributed by atoms with van der Waals surface area (Å²) in [5.74, 6) is 0.556. The van der Waals surface area contributed by atoms with E-state index in [1.807, 2.05) is 16.3 Å². The van der Waals surface area contributed by atoms with Crippen molar-refractivity contribution in [2.75, 3.05) is 12.3 Å². The van der Waals surface area contributed by atoms with Crippen molar-refractivity contribution in [2.24, 2.45) is 7.05 Å². The lowest BCUT2D eigenvalue weighted by Gasteiger charge is -2.22. The smallest absolute Gasteiger partial charge is 0.202 e. The molecule has 0 aromatic carbocycles. The standard InChI is InChI=1S/C15H25N5O/c1-3-12-13-14(19(2)18-12)20(15(16)17-13)9-10-21-11-7-5-4-6-8-11/h11H,3-10H2,1-2H3,(H2,16,17). The van der Waals surface area contributed by atoms with Crippen molar-refractivity contribution in [2.45, 2.75) is 58.1 Å². The maximum atomic E-state index is 6.06. The third kappa shape index (κ3) is 2.77. The number of nitrogen functional groups attached to an aromatic ring is 1. The van der Waals surface area contributed by atoms with Crippen LogP contribution in [0.4, 0.5) is 5.95 Å². The van der Waals surface area contributed by atoms with Crippen molar-refractivity contribution in [3.05, 3.63) is 5.69 Å². The first kappa shape index (κ1) is 14.4. The molecule has 2 aromatic rings. The van der Waals surface area contributed by atoms with Gasteiger partial charge in [0.25, 0.3) is 0 Å². The molecule has 21 heavy (non-hydrogen) atoms. The van der Waals surface area contributed by atoms with Gasteiger partial charge in [-0.3, -0.25) is 9.25 Å². The van der Waals surface area contributed by atoms with Gasteiger partial charge < -0.3 is 10.5 Å². The lowest BCUT2D eigenvalue weighted by Crippen LogP contribution is -2.20. The van der Waals surface area contributed by atoms with Crippen molar-refractivity contribution in [1.29, 1.82) is 0 Å². The zero-order valence-corrected chi connectivity index (χ0v) is 13.0. The molecule has 6 heteroatoms. The number of aryl methyl sites for hydroxylation is 2. The number of ether oxygens (including phenoxy) is 1. The Bertz CT molecular complexity index is 609. The molecule has 0 bridgehead atoms. The molecule has 0 aliphatic heterocycles. The summed E-state index contributed by atoms with van der Waals surface area (Å²) in [6.45, 7) is 3.51. The van der Waals surface area contributed by atoms with Gasteiger partial charge in [0, 0.05) is 7.05 Å². The van der Waals surface area contributed by atoms with E-state index in [0.29, 0.717) is 18.7 Å². The van der Waals surface area contributed by atoms with Gasteiger partial charge in [-0.25, -0.2) is 4.98 Å². The average molecular weight is 291 g/mol. The Hall–Kier alpha value is -1.56. The van der Waals surface area contributed by atoms with Crippen molar-refractivity contribution in [1.82, 2.24) is 19.3 Å². The van der Waals surface area contributed by atoms with Gasteiger partial charge in [0.2, 0.25) is 5.95 Å². The molecular weight excluding hydrogens is 266 g/mol. The quantitative estimate of drug-likeness (QED) is 0.917.